The molecule has 3 rings (SSSR count). The molecule has 1 aromatic heterocycles. The topological polar surface area (TPSA) is 50.1 Å². The zero-order chi connectivity index (χ0) is 14.5. The first kappa shape index (κ1) is 15.0. The summed E-state index contributed by atoms with van der Waals surface area (Å²) in [5.74, 6) is 0.430. The summed E-state index contributed by atoms with van der Waals surface area (Å²) in [7, 11) is 0. The zero-order valence-electron chi connectivity index (χ0n) is 13.0. The predicted molar refractivity (Wildman–Crippen MR) is 84.0 cm³/mol. The molecule has 0 bridgehead atoms. The minimum atomic E-state index is 0.314. The molecule has 2 saturated carbocycles. The molecule has 1 aromatic rings. The third kappa shape index (κ3) is 3.86. The monoisotopic (exact) mass is 291 g/mol. The third-order valence-electron chi connectivity index (χ3n) is 5.30. The molecular formula is C17H29N3O. The number of nitrogens with zero attached hydrogens (tertiary/aromatic N) is 2. The highest BCUT2D eigenvalue weighted by Crippen LogP contribution is 2.27. The highest BCUT2D eigenvalue weighted by atomic mass is 16.3. The quantitative estimate of drug-likeness (QED) is 0.876. The van der Waals surface area contributed by atoms with Gasteiger partial charge in [-0.15, -0.1) is 0 Å². The van der Waals surface area contributed by atoms with Crippen molar-refractivity contribution in [3.8, 4) is 0 Å². The van der Waals surface area contributed by atoms with Gasteiger partial charge in [-0.05, 0) is 37.7 Å². The van der Waals surface area contributed by atoms with Crippen LogP contribution in [0.2, 0.25) is 0 Å². The molecule has 2 atom stereocenters. The van der Waals surface area contributed by atoms with Gasteiger partial charge in [0.25, 0.3) is 0 Å². The molecule has 0 aliphatic heterocycles. The van der Waals surface area contributed by atoms with E-state index in [2.05, 4.69) is 22.3 Å². The number of aliphatic hydroxyl groups is 1. The first-order chi connectivity index (χ1) is 10.4. The molecule has 4 heteroatoms. The molecule has 2 aliphatic carbocycles. The van der Waals surface area contributed by atoms with Crippen molar-refractivity contribution < 1.29 is 5.11 Å². The zero-order valence-corrected chi connectivity index (χ0v) is 13.0. The molecule has 118 valence electrons. The van der Waals surface area contributed by atoms with E-state index in [4.69, 9.17) is 5.10 Å². The van der Waals surface area contributed by atoms with E-state index >= 15 is 0 Å². The van der Waals surface area contributed by atoms with Crippen molar-refractivity contribution in [1.82, 2.24) is 15.1 Å². The van der Waals surface area contributed by atoms with Gasteiger partial charge in [-0.2, -0.15) is 5.10 Å². The number of rotatable bonds is 5. The van der Waals surface area contributed by atoms with E-state index in [0.29, 0.717) is 24.6 Å². The normalized spacial score (nSPS) is 27.9. The van der Waals surface area contributed by atoms with E-state index in [1.165, 1.54) is 51.4 Å². The van der Waals surface area contributed by atoms with Gasteiger partial charge in [0.15, 0.2) is 0 Å². The van der Waals surface area contributed by atoms with Crippen LogP contribution in [-0.2, 0) is 6.54 Å². The fraction of sp³-hybridized carbons (Fsp3) is 0.824. The Labute approximate surface area is 127 Å². The van der Waals surface area contributed by atoms with Gasteiger partial charge in [-0.25, -0.2) is 0 Å². The van der Waals surface area contributed by atoms with Crippen LogP contribution in [0.5, 0.6) is 0 Å². The first-order valence-electron chi connectivity index (χ1n) is 8.75. The lowest BCUT2D eigenvalue weighted by Crippen LogP contribution is -2.39. The second-order valence-corrected chi connectivity index (χ2v) is 6.79. The van der Waals surface area contributed by atoms with Gasteiger partial charge >= 0.3 is 0 Å². The summed E-state index contributed by atoms with van der Waals surface area (Å²) < 4.78 is 2.18. The molecule has 0 aromatic carbocycles. The highest BCUT2D eigenvalue weighted by molar-refractivity contribution is 5.00. The molecule has 21 heavy (non-hydrogen) atoms. The summed E-state index contributed by atoms with van der Waals surface area (Å²) in [4.78, 5) is 0. The fourth-order valence-electron chi connectivity index (χ4n) is 3.95. The lowest BCUT2D eigenvalue weighted by Gasteiger charge is -2.30. The van der Waals surface area contributed by atoms with Gasteiger partial charge in [-0.1, -0.05) is 32.1 Å². The molecule has 2 fully saturated rings. The van der Waals surface area contributed by atoms with Crippen LogP contribution in [0.4, 0.5) is 0 Å². The molecule has 2 aliphatic rings. The van der Waals surface area contributed by atoms with Crippen molar-refractivity contribution in [3.05, 3.63) is 18.0 Å². The fourth-order valence-corrected chi connectivity index (χ4v) is 3.95. The Kier molecular flexibility index (Phi) is 5.31. The first-order valence-corrected chi connectivity index (χ1v) is 8.75. The van der Waals surface area contributed by atoms with Gasteiger partial charge in [0, 0.05) is 25.4 Å². The number of aliphatic hydroxyl groups excluding tert-OH is 1. The van der Waals surface area contributed by atoms with Gasteiger partial charge < -0.3 is 10.4 Å². The number of aromatic nitrogens is 2. The van der Waals surface area contributed by atoms with Crippen LogP contribution in [-0.4, -0.2) is 27.5 Å². The van der Waals surface area contributed by atoms with E-state index in [0.717, 1.165) is 18.7 Å². The molecule has 2 unspecified atom stereocenters. The molecule has 0 radical (unpaired) electrons. The molecule has 2 N–H and O–H groups in total. The van der Waals surface area contributed by atoms with Crippen molar-refractivity contribution in [2.45, 2.75) is 76.4 Å². The Bertz CT molecular complexity index is 425. The number of hydrogen-bond acceptors (Lipinski definition) is 3. The summed E-state index contributed by atoms with van der Waals surface area (Å²) in [5.41, 5.74) is 1.14. The minimum Gasteiger partial charge on any atom is -0.396 e. The smallest absolute Gasteiger partial charge is 0.0762 e. The Balaban J connectivity index is 1.52. The summed E-state index contributed by atoms with van der Waals surface area (Å²) in [6, 6.07) is 3.23. The van der Waals surface area contributed by atoms with Gasteiger partial charge in [0.2, 0.25) is 0 Å². The second-order valence-electron chi connectivity index (χ2n) is 6.79. The summed E-state index contributed by atoms with van der Waals surface area (Å²) >= 11 is 0. The molecule has 0 saturated heterocycles. The molecule has 0 amide bonds. The van der Waals surface area contributed by atoms with Crippen LogP contribution in [0, 0.1) is 5.92 Å². The summed E-state index contributed by atoms with van der Waals surface area (Å²) in [6.07, 6.45) is 13.7. The molecular weight excluding hydrogens is 262 g/mol. The van der Waals surface area contributed by atoms with Crippen molar-refractivity contribution in [3.63, 3.8) is 0 Å². The largest absolute Gasteiger partial charge is 0.396 e. The maximum atomic E-state index is 9.47. The lowest BCUT2D eigenvalue weighted by molar-refractivity contribution is 0.152. The maximum Gasteiger partial charge on any atom is 0.0762 e. The predicted octanol–water partition coefficient (Wildman–Crippen LogP) is 3.03. The minimum absolute atomic E-state index is 0.314. The van der Waals surface area contributed by atoms with Gasteiger partial charge in [0.05, 0.1) is 11.7 Å². The Morgan fingerprint density at radius 2 is 1.86 bits per heavy atom. The van der Waals surface area contributed by atoms with Crippen LogP contribution >= 0.6 is 0 Å². The standard InChI is InChI=1S/C17H29N3O/c21-13-14-6-4-5-9-17(14)18-12-15-10-11-20(19-15)16-7-2-1-3-8-16/h10-11,14,16-18,21H,1-9,12-13H2. The summed E-state index contributed by atoms with van der Waals surface area (Å²) in [5, 5.41) is 17.9. The van der Waals surface area contributed by atoms with Crippen molar-refractivity contribution in [2.24, 2.45) is 5.92 Å². The molecule has 1 heterocycles. The number of nitrogens with one attached hydrogen (secondary N) is 1. The average Bonchev–Trinajstić information content (AvgIpc) is 3.03. The average molecular weight is 291 g/mol. The Morgan fingerprint density at radius 1 is 1.10 bits per heavy atom. The van der Waals surface area contributed by atoms with Gasteiger partial charge in [-0.3, -0.25) is 4.68 Å². The molecule has 4 nitrogen and oxygen atoms in total. The van der Waals surface area contributed by atoms with Gasteiger partial charge in [0.1, 0.15) is 0 Å². The van der Waals surface area contributed by atoms with E-state index in [1.54, 1.807) is 0 Å². The van der Waals surface area contributed by atoms with Crippen LogP contribution in [0.25, 0.3) is 0 Å². The highest BCUT2D eigenvalue weighted by Gasteiger charge is 2.24. The summed E-state index contributed by atoms with van der Waals surface area (Å²) in [6.45, 7) is 1.15. The Morgan fingerprint density at radius 3 is 2.67 bits per heavy atom. The van der Waals surface area contributed by atoms with Crippen LogP contribution in [0.15, 0.2) is 12.3 Å². The van der Waals surface area contributed by atoms with E-state index in [1.807, 2.05) is 0 Å². The van der Waals surface area contributed by atoms with Crippen molar-refractivity contribution >= 4 is 0 Å². The van der Waals surface area contributed by atoms with Crippen molar-refractivity contribution in [2.75, 3.05) is 6.61 Å². The van der Waals surface area contributed by atoms with E-state index < -0.39 is 0 Å². The van der Waals surface area contributed by atoms with E-state index in [9.17, 15) is 5.11 Å². The van der Waals surface area contributed by atoms with Crippen LogP contribution in [0.1, 0.15) is 69.5 Å². The third-order valence-corrected chi connectivity index (χ3v) is 5.30. The van der Waals surface area contributed by atoms with Crippen molar-refractivity contribution in [1.29, 1.82) is 0 Å². The lowest BCUT2D eigenvalue weighted by atomic mass is 9.85. The maximum absolute atomic E-state index is 9.47. The molecule has 0 spiro atoms. The SMILES string of the molecule is OCC1CCCCC1NCc1ccn(C2CCCCC2)n1. The van der Waals surface area contributed by atoms with Crippen LogP contribution in [0.3, 0.4) is 0 Å². The Hall–Kier alpha value is -0.870. The second kappa shape index (κ2) is 7.41. The van der Waals surface area contributed by atoms with E-state index in [-0.39, 0.29) is 0 Å². The number of hydrogen-bond donors (Lipinski definition) is 2. The van der Waals surface area contributed by atoms with Crippen LogP contribution < -0.4 is 5.32 Å².